The van der Waals surface area contributed by atoms with E-state index in [2.05, 4.69) is 11.3 Å². The molecule has 0 heterocycles. The van der Waals surface area contributed by atoms with E-state index >= 15 is 0 Å². The highest BCUT2D eigenvalue weighted by Crippen LogP contribution is 2.48. The molecule has 32 heavy (non-hydrogen) atoms. The maximum absolute atomic E-state index is 13.6. The van der Waals surface area contributed by atoms with Gasteiger partial charge in [-0.15, -0.1) is 0 Å². The van der Waals surface area contributed by atoms with Crippen molar-refractivity contribution in [2.75, 3.05) is 0 Å². The maximum Gasteiger partial charge on any atom is 0.432 e. The minimum absolute atomic E-state index is 0.0765. The van der Waals surface area contributed by atoms with E-state index in [0.717, 1.165) is 25.7 Å². The van der Waals surface area contributed by atoms with Crippen LogP contribution in [0.15, 0.2) is 12.2 Å². The van der Waals surface area contributed by atoms with E-state index in [0.29, 0.717) is 12.8 Å². The van der Waals surface area contributed by atoms with E-state index in [1.54, 1.807) is 0 Å². The quantitative estimate of drug-likeness (QED) is 0.234. The zero-order chi connectivity index (χ0) is 24.5. The van der Waals surface area contributed by atoms with Gasteiger partial charge in [0, 0.05) is 12.0 Å². The highest BCUT2D eigenvalue weighted by molar-refractivity contribution is 7.86. The summed E-state index contributed by atoms with van der Waals surface area (Å²) in [6.07, 6.45) is -7.24. The number of ether oxygens (including phenoxy) is 2. The number of alkyl halides is 5. The number of hydrogen-bond acceptors (Lipinski definition) is 6. The molecule has 3 atom stereocenters. The molecule has 0 spiro atoms. The molecule has 0 amide bonds. The van der Waals surface area contributed by atoms with Gasteiger partial charge in [0.05, 0.1) is 0 Å². The third-order valence-electron chi connectivity index (χ3n) is 5.85. The first-order valence-corrected chi connectivity index (χ1v) is 11.4. The van der Waals surface area contributed by atoms with Gasteiger partial charge in [0.15, 0.2) is 0 Å². The van der Waals surface area contributed by atoms with E-state index in [4.69, 9.17) is 9.29 Å². The molecule has 2 saturated carbocycles. The number of fused-ring (bicyclic) bond motifs is 2. The van der Waals surface area contributed by atoms with Gasteiger partial charge >= 0.3 is 33.5 Å². The second-order valence-electron chi connectivity index (χ2n) is 8.61. The molecule has 3 unspecified atom stereocenters. The van der Waals surface area contributed by atoms with E-state index in [1.165, 1.54) is 6.92 Å². The molecule has 0 saturated heterocycles. The molecule has 13 heteroatoms. The molecule has 0 aromatic rings. The lowest BCUT2D eigenvalue weighted by molar-refractivity contribution is -0.259. The second-order valence-corrected chi connectivity index (χ2v) is 10.1. The summed E-state index contributed by atoms with van der Waals surface area (Å²) in [5.74, 6) is -2.17. The summed E-state index contributed by atoms with van der Waals surface area (Å²) in [7, 11) is -6.52. The fourth-order valence-corrected chi connectivity index (χ4v) is 4.96. The number of halogens is 5. The molecule has 0 aromatic carbocycles. The number of hydrogen-bond donors (Lipinski definition) is 1. The number of esters is 2. The first kappa shape index (κ1) is 26.5. The summed E-state index contributed by atoms with van der Waals surface area (Å²) < 4.78 is 105. The Bertz CT molecular complexity index is 841. The lowest BCUT2D eigenvalue weighted by Gasteiger charge is -2.46. The minimum Gasteiger partial charge on any atom is -0.456 e. The predicted molar refractivity (Wildman–Crippen MR) is 100.0 cm³/mol. The van der Waals surface area contributed by atoms with Crippen molar-refractivity contribution in [3.05, 3.63) is 12.2 Å². The van der Waals surface area contributed by atoms with Crippen LogP contribution >= 0.6 is 0 Å². The summed E-state index contributed by atoms with van der Waals surface area (Å²) in [6, 6.07) is 0. The van der Waals surface area contributed by atoms with Crippen molar-refractivity contribution in [3.63, 3.8) is 0 Å². The van der Waals surface area contributed by atoms with Gasteiger partial charge in [-0.2, -0.15) is 30.4 Å². The van der Waals surface area contributed by atoms with Crippen molar-refractivity contribution >= 4 is 22.1 Å². The van der Waals surface area contributed by atoms with Crippen LogP contribution in [0.4, 0.5) is 22.0 Å². The van der Waals surface area contributed by atoms with Crippen LogP contribution in [-0.2, 0) is 29.2 Å². The highest BCUT2D eigenvalue weighted by atomic mass is 32.2. The SMILES string of the molecule is C=C(C)C(=O)OC1(CCC(=O)OC(C(F)(F)F)C(F)(F)S(=O)(=O)O)CC2CCCC(C2)C1. The average molecular weight is 492 g/mol. The molecule has 2 aliphatic carbocycles. The van der Waals surface area contributed by atoms with Crippen molar-refractivity contribution in [2.24, 2.45) is 11.8 Å². The Balaban J connectivity index is 2.18. The predicted octanol–water partition coefficient (Wildman–Crippen LogP) is 4.18. The van der Waals surface area contributed by atoms with Crippen LogP contribution in [0.2, 0.25) is 0 Å². The molecule has 1 N–H and O–H groups in total. The van der Waals surface area contributed by atoms with Crippen LogP contribution in [0.25, 0.3) is 0 Å². The first-order valence-electron chi connectivity index (χ1n) is 9.97. The fourth-order valence-electron chi connectivity index (χ4n) is 4.51. The number of rotatable bonds is 8. The normalized spacial score (nSPS) is 27.3. The van der Waals surface area contributed by atoms with Gasteiger partial charge in [0.2, 0.25) is 0 Å². The summed E-state index contributed by atoms with van der Waals surface area (Å²) in [4.78, 5) is 24.2. The van der Waals surface area contributed by atoms with Gasteiger partial charge in [0.25, 0.3) is 6.10 Å². The molecular formula is C19H25F5O7S. The molecule has 2 aliphatic rings. The van der Waals surface area contributed by atoms with Crippen molar-refractivity contribution in [2.45, 2.75) is 81.4 Å². The third-order valence-corrected chi connectivity index (χ3v) is 6.75. The molecule has 0 aromatic heterocycles. The Morgan fingerprint density at radius 3 is 2.12 bits per heavy atom. The van der Waals surface area contributed by atoms with E-state index in [-0.39, 0.29) is 23.8 Å². The molecule has 184 valence electrons. The highest BCUT2D eigenvalue weighted by Gasteiger charge is 2.66. The van der Waals surface area contributed by atoms with Gasteiger partial charge < -0.3 is 9.47 Å². The number of carbonyl (C=O) groups is 2. The Morgan fingerprint density at radius 2 is 1.69 bits per heavy atom. The van der Waals surface area contributed by atoms with E-state index < -0.39 is 51.6 Å². The van der Waals surface area contributed by atoms with Gasteiger partial charge in [0.1, 0.15) is 5.60 Å². The first-order chi connectivity index (χ1) is 14.5. The van der Waals surface area contributed by atoms with Crippen LogP contribution in [0, 0.1) is 11.8 Å². The van der Waals surface area contributed by atoms with Crippen molar-refractivity contribution in [1.29, 1.82) is 0 Å². The monoisotopic (exact) mass is 492 g/mol. The molecule has 2 bridgehead atoms. The Kier molecular flexibility index (Phi) is 7.65. The van der Waals surface area contributed by atoms with Crippen molar-refractivity contribution in [1.82, 2.24) is 0 Å². The second kappa shape index (κ2) is 9.24. The molecular weight excluding hydrogens is 467 g/mol. The van der Waals surface area contributed by atoms with Crippen LogP contribution in [0.3, 0.4) is 0 Å². The third kappa shape index (κ3) is 6.18. The lowest BCUT2D eigenvalue weighted by Crippen LogP contribution is -2.52. The van der Waals surface area contributed by atoms with Gasteiger partial charge in [-0.25, -0.2) is 4.79 Å². The van der Waals surface area contributed by atoms with E-state index in [9.17, 15) is 40.0 Å². The molecule has 0 radical (unpaired) electrons. The number of carbonyl (C=O) groups excluding carboxylic acids is 2. The van der Waals surface area contributed by atoms with Crippen LogP contribution < -0.4 is 0 Å². The van der Waals surface area contributed by atoms with Gasteiger partial charge in [-0.3, -0.25) is 9.35 Å². The summed E-state index contributed by atoms with van der Waals surface area (Å²) in [5, 5.41) is -5.80. The summed E-state index contributed by atoms with van der Waals surface area (Å²) in [5.41, 5.74) is -1.13. The maximum atomic E-state index is 13.6. The average Bonchev–Trinajstić information content (AvgIpc) is 2.62. The summed E-state index contributed by atoms with van der Waals surface area (Å²) in [6.45, 7) is 4.88. The van der Waals surface area contributed by atoms with Crippen LogP contribution in [0.1, 0.15) is 58.3 Å². The smallest absolute Gasteiger partial charge is 0.432 e. The summed E-state index contributed by atoms with van der Waals surface area (Å²) >= 11 is 0. The lowest BCUT2D eigenvalue weighted by atomic mass is 9.65. The molecule has 2 fully saturated rings. The minimum atomic E-state index is -6.52. The van der Waals surface area contributed by atoms with Crippen molar-refractivity contribution in [3.8, 4) is 0 Å². The van der Waals surface area contributed by atoms with Crippen molar-refractivity contribution < 1.29 is 54.0 Å². The standard InChI is InChI=1S/C19H25F5O7S/c1-11(2)15(26)31-17(9-12-4-3-5-13(8-12)10-17)7-6-14(25)30-16(18(20,21)22)19(23,24)32(27,28)29/h12-13,16H,1,3-10H2,2H3,(H,27,28,29). The Labute approximate surface area is 182 Å². The fraction of sp³-hybridized carbons (Fsp3) is 0.789. The van der Waals surface area contributed by atoms with Gasteiger partial charge in [-0.05, 0) is 44.4 Å². The topological polar surface area (TPSA) is 107 Å². The molecule has 7 nitrogen and oxygen atoms in total. The van der Waals surface area contributed by atoms with E-state index in [1.807, 2.05) is 0 Å². The Morgan fingerprint density at radius 1 is 1.16 bits per heavy atom. The van der Waals surface area contributed by atoms with Gasteiger partial charge in [-0.1, -0.05) is 25.8 Å². The zero-order valence-corrected chi connectivity index (χ0v) is 18.1. The Hall–Kier alpha value is -1.76. The molecule has 2 rings (SSSR count). The molecule has 0 aliphatic heterocycles. The van der Waals surface area contributed by atoms with Crippen LogP contribution in [-0.4, -0.2) is 48.0 Å². The zero-order valence-electron chi connectivity index (χ0n) is 17.3. The van der Waals surface area contributed by atoms with Crippen LogP contribution in [0.5, 0.6) is 0 Å². The largest absolute Gasteiger partial charge is 0.456 e.